The Bertz CT molecular complexity index is 501. The van der Waals surface area contributed by atoms with Crippen LogP contribution < -0.4 is 5.32 Å². The molecule has 0 bridgehead atoms. The zero-order valence-corrected chi connectivity index (χ0v) is 13.8. The monoisotopic (exact) mass is 324 g/mol. The van der Waals surface area contributed by atoms with Gasteiger partial charge in [0.15, 0.2) is 5.78 Å². The van der Waals surface area contributed by atoms with E-state index >= 15 is 0 Å². The maximum Gasteiger partial charge on any atom is 0.410 e. The molecule has 128 valence electrons. The summed E-state index contributed by atoms with van der Waals surface area (Å²) in [5.41, 5.74) is 0.493. The fourth-order valence-electron chi connectivity index (χ4n) is 2.17. The Labute approximate surface area is 136 Å². The van der Waals surface area contributed by atoms with Gasteiger partial charge in [0.1, 0.15) is 12.6 Å². The van der Waals surface area contributed by atoms with Crippen LogP contribution in [-0.2, 0) is 19.1 Å². The Kier molecular flexibility index (Phi) is 7.31. The smallest absolute Gasteiger partial charge is 0.410 e. The highest BCUT2D eigenvalue weighted by atomic mass is 16.6. The molecule has 0 aromatic heterocycles. The van der Waals surface area contributed by atoms with Gasteiger partial charge in [0, 0.05) is 11.8 Å². The Hall–Kier alpha value is -2.31. The molecule has 0 radical (unpaired) electrons. The fourth-order valence-corrected chi connectivity index (χ4v) is 2.17. The predicted molar refractivity (Wildman–Crippen MR) is 84.6 cm³/mol. The number of hydrogen-bond acceptors (Lipinski definition) is 6. The van der Waals surface area contributed by atoms with E-state index in [1.54, 1.807) is 0 Å². The fraction of sp³-hybridized carbons (Fsp3) is 0.562. The number of methoxy groups -OCH3 is 1. The molecule has 2 atom stereocenters. The highest BCUT2D eigenvalue weighted by Crippen LogP contribution is 2.14. The van der Waals surface area contributed by atoms with Crippen LogP contribution in [-0.4, -0.2) is 55.6 Å². The van der Waals surface area contributed by atoms with Crippen LogP contribution in [0.2, 0.25) is 0 Å². The second kappa shape index (κ2) is 8.97. The van der Waals surface area contributed by atoms with Crippen molar-refractivity contribution < 1.29 is 23.9 Å². The van der Waals surface area contributed by atoms with Crippen molar-refractivity contribution in [2.24, 2.45) is 5.92 Å². The highest BCUT2D eigenvalue weighted by Gasteiger charge is 2.29. The second-order valence-electron chi connectivity index (χ2n) is 5.39. The lowest BCUT2D eigenvalue weighted by Gasteiger charge is -2.30. The van der Waals surface area contributed by atoms with E-state index in [1.807, 2.05) is 13.8 Å². The van der Waals surface area contributed by atoms with E-state index in [4.69, 9.17) is 9.47 Å². The first-order valence-corrected chi connectivity index (χ1v) is 7.53. The molecule has 7 nitrogen and oxygen atoms in total. The molecule has 1 heterocycles. The number of hydrogen-bond donors (Lipinski definition) is 1. The van der Waals surface area contributed by atoms with E-state index in [2.05, 4.69) is 11.9 Å². The van der Waals surface area contributed by atoms with Gasteiger partial charge in [0.05, 0.1) is 20.2 Å². The number of amides is 1. The summed E-state index contributed by atoms with van der Waals surface area (Å²) < 4.78 is 9.74. The van der Waals surface area contributed by atoms with Crippen molar-refractivity contribution in [3.63, 3.8) is 0 Å². The van der Waals surface area contributed by atoms with Crippen LogP contribution in [0.3, 0.4) is 0 Å². The van der Waals surface area contributed by atoms with Crippen molar-refractivity contribution in [3.8, 4) is 0 Å². The normalized spacial score (nSPS) is 16.9. The van der Waals surface area contributed by atoms with Crippen LogP contribution in [0, 0.1) is 5.92 Å². The van der Waals surface area contributed by atoms with Crippen molar-refractivity contribution in [3.05, 3.63) is 24.4 Å². The molecule has 0 saturated carbocycles. The Morgan fingerprint density at radius 1 is 1.48 bits per heavy atom. The third-order valence-corrected chi connectivity index (χ3v) is 3.63. The van der Waals surface area contributed by atoms with Crippen LogP contribution in [0.5, 0.6) is 0 Å². The maximum absolute atomic E-state index is 11.9. The number of esters is 1. The van der Waals surface area contributed by atoms with Gasteiger partial charge in [-0.3, -0.25) is 9.69 Å². The largest absolute Gasteiger partial charge is 0.467 e. The lowest BCUT2D eigenvalue weighted by molar-refractivity contribution is -0.144. The SMILES string of the molecule is C=CCOC(=O)N1CC(=O)C=C(N[C@H](C(=O)OC)[C@@H](C)CC)C1. The number of ketones is 1. The van der Waals surface area contributed by atoms with Gasteiger partial charge in [-0.2, -0.15) is 0 Å². The molecule has 1 amide bonds. The minimum Gasteiger partial charge on any atom is -0.467 e. The van der Waals surface area contributed by atoms with E-state index in [9.17, 15) is 14.4 Å². The Morgan fingerprint density at radius 3 is 2.74 bits per heavy atom. The van der Waals surface area contributed by atoms with Crippen molar-refractivity contribution in [1.82, 2.24) is 10.2 Å². The maximum atomic E-state index is 11.9. The zero-order chi connectivity index (χ0) is 17.4. The standard InChI is InChI=1S/C16H24N2O5/c1-5-7-23-16(21)18-9-12(8-13(19)10-18)17-14(11(3)6-2)15(20)22-4/h5,8,11,14,17H,1,6-7,9-10H2,2-4H3/t11-,14-/m0/s1. The third-order valence-electron chi connectivity index (χ3n) is 3.63. The van der Waals surface area contributed by atoms with Gasteiger partial charge in [0.25, 0.3) is 0 Å². The van der Waals surface area contributed by atoms with E-state index in [-0.39, 0.29) is 31.4 Å². The molecule has 0 aromatic rings. The van der Waals surface area contributed by atoms with Crippen molar-refractivity contribution in [2.75, 3.05) is 26.8 Å². The van der Waals surface area contributed by atoms with Gasteiger partial charge in [0.2, 0.25) is 0 Å². The molecule has 0 spiro atoms. The molecule has 0 unspecified atom stereocenters. The number of carbonyl (C=O) groups excluding carboxylic acids is 3. The van der Waals surface area contributed by atoms with Gasteiger partial charge in [-0.1, -0.05) is 32.9 Å². The number of ether oxygens (including phenoxy) is 2. The van der Waals surface area contributed by atoms with Crippen LogP contribution in [0.1, 0.15) is 20.3 Å². The Balaban J connectivity index is 2.81. The molecule has 1 N–H and O–H groups in total. The molecule has 1 rings (SSSR count). The first-order chi connectivity index (χ1) is 10.9. The van der Waals surface area contributed by atoms with Crippen molar-refractivity contribution in [2.45, 2.75) is 26.3 Å². The number of nitrogens with one attached hydrogen (secondary N) is 1. The minimum atomic E-state index is -0.594. The molecule has 23 heavy (non-hydrogen) atoms. The summed E-state index contributed by atoms with van der Waals surface area (Å²) in [5.74, 6) is -0.623. The van der Waals surface area contributed by atoms with Crippen LogP contribution >= 0.6 is 0 Å². The molecule has 1 aliphatic heterocycles. The second-order valence-corrected chi connectivity index (χ2v) is 5.39. The van der Waals surface area contributed by atoms with E-state index in [1.165, 1.54) is 24.2 Å². The van der Waals surface area contributed by atoms with Gasteiger partial charge in [-0.25, -0.2) is 9.59 Å². The lowest BCUT2D eigenvalue weighted by Crippen LogP contribution is -2.48. The van der Waals surface area contributed by atoms with Gasteiger partial charge >= 0.3 is 12.1 Å². The van der Waals surface area contributed by atoms with Crippen LogP contribution in [0.25, 0.3) is 0 Å². The van der Waals surface area contributed by atoms with Gasteiger partial charge in [-0.05, 0) is 5.92 Å². The number of nitrogens with zero attached hydrogens (tertiary/aromatic N) is 1. The summed E-state index contributed by atoms with van der Waals surface area (Å²) in [6.07, 6.45) is 3.03. The summed E-state index contributed by atoms with van der Waals surface area (Å²) in [5, 5.41) is 3.02. The molecule has 0 aliphatic carbocycles. The quantitative estimate of drug-likeness (QED) is 0.560. The first kappa shape index (κ1) is 18.7. The Morgan fingerprint density at radius 2 is 2.17 bits per heavy atom. The third kappa shape index (κ3) is 5.43. The first-order valence-electron chi connectivity index (χ1n) is 7.53. The highest BCUT2D eigenvalue weighted by molar-refractivity contribution is 5.95. The minimum absolute atomic E-state index is 0.0153. The van der Waals surface area contributed by atoms with Gasteiger partial charge in [-0.15, -0.1) is 0 Å². The average molecular weight is 324 g/mol. The topological polar surface area (TPSA) is 84.9 Å². The molecule has 0 fully saturated rings. The molecular weight excluding hydrogens is 300 g/mol. The van der Waals surface area contributed by atoms with E-state index in [0.29, 0.717) is 5.70 Å². The predicted octanol–water partition coefficient (Wildman–Crippen LogP) is 1.25. The lowest BCUT2D eigenvalue weighted by atomic mass is 9.98. The van der Waals surface area contributed by atoms with Gasteiger partial charge < -0.3 is 14.8 Å². The van der Waals surface area contributed by atoms with Crippen LogP contribution in [0.4, 0.5) is 4.79 Å². The molecule has 7 heteroatoms. The summed E-state index contributed by atoms with van der Waals surface area (Å²) in [7, 11) is 1.32. The number of rotatable bonds is 7. The number of carbonyl (C=O) groups is 3. The summed E-state index contributed by atoms with van der Waals surface area (Å²) in [6.45, 7) is 7.54. The van der Waals surface area contributed by atoms with Crippen LogP contribution in [0.15, 0.2) is 24.4 Å². The zero-order valence-electron chi connectivity index (χ0n) is 13.8. The van der Waals surface area contributed by atoms with Crippen molar-refractivity contribution >= 4 is 17.8 Å². The average Bonchev–Trinajstić information content (AvgIpc) is 2.55. The van der Waals surface area contributed by atoms with E-state index < -0.39 is 18.1 Å². The molecular formula is C16H24N2O5. The van der Waals surface area contributed by atoms with Crippen molar-refractivity contribution in [1.29, 1.82) is 0 Å². The molecule has 1 aliphatic rings. The van der Waals surface area contributed by atoms with E-state index in [0.717, 1.165) is 6.42 Å². The molecule has 0 aromatic carbocycles. The molecule has 0 saturated heterocycles. The summed E-state index contributed by atoms with van der Waals surface area (Å²) in [4.78, 5) is 36.9. The summed E-state index contributed by atoms with van der Waals surface area (Å²) in [6, 6.07) is -0.576. The summed E-state index contributed by atoms with van der Waals surface area (Å²) >= 11 is 0.